The summed E-state index contributed by atoms with van der Waals surface area (Å²) < 4.78 is 46.3. The Morgan fingerprint density at radius 1 is 0.806 bits per heavy atom. The van der Waals surface area contributed by atoms with Crippen LogP contribution in [0.5, 0.6) is 0 Å². The van der Waals surface area contributed by atoms with E-state index in [2.05, 4.69) is 24.3 Å². The minimum absolute atomic E-state index is 0.113. The lowest BCUT2D eigenvalue weighted by molar-refractivity contribution is -0.136. The molecule has 0 radical (unpaired) electrons. The molecule has 4 aromatic rings. The van der Waals surface area contributed by atoms with Crippen molar-refractivity contribution in [1.82, 2.24) is 0 Å². The summed E-state index contributed by atoms with van der Waals surface area (Å²) in [6, 6.07) is 18.3. The smallest absolute Gasteiger partial charge is 0.420 e. The molecule has 1 aromatic heterocycles. The largest absolute Gasteiger partial charge is 0.453 e. The van der Waals surface area contributed by atoms with Gasteiger partial charge in [0, 0.05) is 23.5 Å². The van der Waals surface area contributed by atoms with Crippen LogP contribution < -0.4 is 4.90 Å². The fourth-order valence-electron chi connectivity index (χ4n) is 4.84. The van der Waals surface area contributed by atoms with Gasteiger partial charge in [-0.05, 0) is 48.6 Å². The van der Waals surface area contributed by atoms with Crippen LogP contribution in [-0.2, 0) is 6.18 Å². The molecule has 0 saturated heterocycles. The SMILES string of the molecule is CN(c1ccc(C2CCCCC2)cc1)c1cccc2c1oc1c(C(F)(F)F)cccc12. The lowest BCUT2D eigenvalue weighted by Gasteiger charge is -2.24. The average molecular weight is 423 g/mol. The minimum atomic E-state index is -4.46. The first-order chi connectivity index (χ1) is 14.9. The van der Waals surface area contributed by atoms with E-state index in [-0.39, 0.29) is 5.58 Å². The third-order valence-electron chi connectivity index (χ3n) is 6.53. The van der Waals surface area contributed by atoms with Crippen LogP contribution in [-0.4, -0.2) is 7.05 Å². The third-order valence-corrected chi connectivity index (χ3v) is 6.53. The number of halogens is 3. The van der Waals surface area contributed by atoms with Gasteiger partial charge in [0.05, 0.1) is 11.3 Å². The van der Waals surface area contributed by atoms with E-state index < -0.39 is 11.7 Å². The lowest BCUT2D eigenvalue weighted by atomic mass is 9.84. The molecule has 1 saturated carbocycles. The molecule has 2 nitrogen and oxygen atoms in total. The molecule has 31 heavy (non-hydrogen) atoms. The molecule has 0 N–H and O–H groups in total. The molecule has 1 fully saturated rings. The molecular formula is C26H24F3NO. The molecule has 1 heterocycles. The van der Waals surface area contributed by atoms with Gasteiger partial charge in [0.25, 0.3) is 0 Å². The van der Waals surface area contributed by atoms with Crippen molar-refractivity contribution in [2.24, 2.45) is 0 Å². The van der Waals surface area contributed by atoms with Gasteiger partial charge in [-0.15, -0.1) is 0 Å². The average Bonchev–Trinajstić information content (AvgIpc) is 3.17. The van der Waals surface area contributed by atoms with Crippen molar-refractivity contribution in [3.05, 3.63) is 71.8 Å². The number of benzene rings is 3. The normalized spacial score (nSPS) is 15.6. The maximum atomic E-state index is 13.5. The Balaban J connectivity index is 1.55. The number of fused-ring (bicyclic) bond motifs is 3. The van der Waals surface area contributed by atoms with Gasteiger partial charge in [-0.25, -0.2) is 0 Å². The zero-order chi connectivity index (χ0) is 21.6. The second kappa shape index (κ2) is 7.63. The molecule has 0 unspecified atom stereocenters. The molecule has 0 amide bonds. The summed E-state index contributed by atoms with van der Waals surface area (Å²) in [5.74, 6) is 0.632. The molecule has 5 heteroatoms. The second-order valence-electron chi connectivity index (χ2n) is 8.42. The van der Waals surface area contributed by atoms with Crippen LogP contribution in [0.2, 0.25) is 0 Å². The molecule has 5 rings (SSSR count). The van der Waals surface area contributed by atoms with Crippen molar-refractivity contribution in [2.75, 3.05) is 11.9 Å². The van der Waals surface area contributed by atoms with Crippen molar-refractivity contribution in [3.8, 4) is 0 Å². The minimum Gasteiger partial charge on any atom is -0.453 e. The van der Waals surface area contributed by atoms with E-state index in [0.29, 0.717) is 22.3 Å². The van der Waals surface area contributed by atoms with Crippen LogP contribution >= 0.6 is 0 Å². The highest BCUT2D eigenvalue weighted by molar-refractivity contribution is 6.10. The predicted molar refractivity (Wildman–Crippen MR) is 119 cm³/mol. The van der Waals surface area contributed by atoms with Gasteiger partial charge in [-0.3, -0.25) is 0 Å². The van der Waals surface area contributed by atoms with Crippen LogP contribution in [0.4, 0.5) is 24.5 Å². The molecule has 0 spiro atoms. The Bertz CT molecular complexity index is 1220. The van der Waals surface area contributed by atoms with Crippen molar-refractivity contribution >= 4 is 33.3 Å². The van der Waals surface area contributed by atoms with Crippen LogP contribution in [0.3, 0.4) is 0 Å². The maximum absolute atomic E-state index is 13.5. The van der Waals surface area contributed by atoms with Gasteiger partial charge in [0.15, 0.2) is 5.58 Å². The molecule has 1 aliphatic carbocycles. The Kier molecular flexibility index (Phi) is 4.92. The number of nitrogens with zero attached hydrogens (tertiary/aromatic N) is 1. The highest BCUT2D eigenvalue weighted by atomic mass is 19.4. The summed E-state index contributed by atoms with van der Waals surface area (Å²) in [6.45, 7) is 0. The van der Waals surface area contributed by atoms with Gasteiger partial charge < -0.3 is 9.32 Å². The van der Waals surface area contributed by atoms with Crippen molar-refractivity contribution < 1.29 is 17.6 Å². The summed E-state index contributed by atoms with van der Waals surface area (Å²) in [7, 11) is 1.92. The van der Waals surface area contributed by atoms with Gasteiger partial charge in [-0.1, -0.05) is 55.7 Å². The second-order valence-corrected chi connectivity index (χ2v) is 8.42. The standard InChI is InChI=1S/C26H24F3NO/c1-30(19-15-13-18(14-16-19)17-7-3-2-4-8-17)23-12-6-10-21-20-9-5-11-22(26(27,28)29)24(20)31-25(21)23/h5-6,9-17H,2-4,7-8H2,1H3. The van der Waals surface area contributed by atoms with Crippen LogP contribution in [0, 0.1) is 0 Å². The highest BCUT2D eigenvalue weighted by Crippen LogP contribution is 2.42. The van der Waals surface area contributed by atoms with Gasteiger partial charge in [0.1, 0.15) is 5.58 Å². The van der Waals surface area contributed by atoms with E-state index in [1.165, 1.54) is 43.7 Å². The topological polar surface area (TPSA) is 16.4 Å². The molecular weight excluding hydrogens is 399 g/mol. The summed E-state index contributed by atoms with van der Waals surface area (Å²) in [5, 5.41) is 1.16. The third kappa shape index (κ3) is 3.56. The summed E-state index contributed by atoms with van der Waals surface area (Å²) in [4.78, 5) is 1.97. The fraction of sp³-hybridized carbons (Fsp3) is 0.308. The summed E-state index contributed by atoms with van der Waals surface area (Å²) >= 11 is 0. The number of hydrogen-bond acceptors (Lipinski definition) is 2. The zero-order valence-electron chi connectivity index (χ0n) is 17.4. The van der Waals surface area contributed by atoms with E-state index in [9.17, 15) is 13.2 Å². The van der Waals surface area contributed by atoms with E-state index in [1.807, 2.05) is 30.1 Å². The Labute approximate surface area is 179 Å². The van der Waals surface area contributed by atoms with E-state index in [0.717, 1.165) is 17.4 Å². The first-order valence-electron chi connectivity index (χ1n) is 10.8. The maximum Gasteiger partial charge on any atom is 0.420 e. The Morgan fingerprint density at radius 2 is 1.45 bits per heavy atom. The van der Waals surface area contributed by atoms with Gasteiger partial charge >= 0.3 is 6.18 Å². The van der Waals surface area contributed by atoms with E-state index >= 15 is 0 Å². The number of rotatable bonds is 3. The Morgan fingerprint density at radius 3 is 2.13 bits per heavy atom. The quantitative estimate of drug-likeness (QED) is 0.329. The van der Waals surface area contributed by atoms with Crippen molar-refractivity contribution in [2.45, 2.75) is 44.2 Å². The molecule has 0 atom stereocenters. The molecule has 1 aliphatic rings. The first kappa shape index (κ1) is 20.0. The van der Waals surface area contributed by atoms with Crippen molar-refractivity contribution in [3.63, 3.8) is 0 Å². The molecule has 3 aromatic carbocycles. The highest BCUT2D eigenvalue weighted by Gasteiger charge is 2.34. The molecule has 0 bridgehead atoms. The molecule has 160 valence electrons. The van der Waals surface area contributed by atoms with Crippen LogP contribution in [0.1, 0.15) is 49.1 Å². The Hall–Kier alpha value is -2.95. The fourth-order valence-corrected chi connectivity index (χ4v) is 4.84. The zero-order valence-corrected chi connectivity index (χ0v) is 17.4. The van der Waals surface area contributed by atoms with E-state index in [4.69, 9.17) is 4.42 Å². The van der Waals surface area contributed by atoms with Gasteiger partial charge in [0.2, 0.25) is 0 Å². The van der Waals surface area contributed by atoms with Gasteiger partial charge in [-0.2, -0.15) is 13.2 Å². The van der Waals surface area contributed by atoms with Crippen LogP contribution in [0.15, 0.2) is 65.1 Å². The number of anilines is 2. The van der Waals surface area contributed by atoms with Crippen LogP contribution in [0.25, 0.3) is 21.9 Å². The monoisotopic (exact) mass is 423 g/mol. The number of furan rings is 1. The summed E-state index contributed by atoms with van der Waals surface area (Å²) in [5.41, 5.74) is 2.70. The first-order valence-corrected chi connectivity index (χ1v) is 10.8. The number of para-hydroxylation sites is 2. The van der Waals surface area contributed by atoms with E-state index in [1.54, 1.807) is 6.07 Å². The molecule has 0 aliphatic heterocycles. The number of alkyl halides is 3. The van der Waals surface area contributed by atoms with Crippen molar-refractivity contribution in [1.29, 1.82) is 0 Å². The summed E-state index contributed by atoms with van der Waals surface area (Å²) in [6.07, 6.45) is 1.94. The number of hydrogen-bond donors (Lipinski definition) is 0. The predicted octanol–water partition coefficient (Wildman–Crippen LogP) is 8.42. The lowest BCUT2D eigenvalue weighted by Crippen LogP contribution is -2.10.